The van der Waals surface area contributed by atoms with Crippen LogP contribution in [-0.2, 0) is 11.2 Å². The van der Waals surface area contributed by atoms with Crippen LogP contribution in [0.4, 0.5) is 0 Å². The van der Waals surface area contributed by atoms with Crippen molar-refractivity contribution in [1.82, 2.24) is 14.5 Å². The molecule has 0 radical (unpaired) electrons. The van der Waals surface area contributed by atoms with E-state index in [4.69, 9.17) is 5.11 Å². The highest BCUT2D eigenvalue weighted by atomic mass is 16.4. The molecule has 0 spiro atoms. The van der Waals surface area contributed by atoms with Crippen molar-refractivity contribution in [1.29, 1.82) is 0 Å². The van der Waals surface area contributed by atoms with Gasteiger partial charge in [-0.15, -0.1) is 0 Å². The molecule has 0 bridgehead atoms. The maximum Gasteiger partial charge on any atom is 0.348 e. The molecule has 1 aromatic rings. The van der Waals surface area contributed by atoms with Gasteiger partial charge in [0, 0.05) is 24.4 Å². The van der Waals surface area contributed by atoms with E-state index in [1.807, 2.05) is 6.92 Å². The number of hydrogen-bond donors (Lipinski definition) is 1. The van der Waals surface area contributed by atoms with Gasteiger partial charge in [0.1, 0.15) is 0 Å². The maximum absolute atomic E-state index is 12.3. The summed E-state index contributed by atoms with van der Waals surface area (Å²) >= 11 is 0. The molecule has 0 amide bonds. The number of nitrogens with zero attached hydrogens (tertiary/aromatic N) is 3. The van der Waals surface area contributed by atoms with Crippen molar-refractivity contribution in [3.8, 4) is 0 Å². The van der Waals surface area contributed by atoms with E-state index in [1.54, 1.807) is 11.5 Å². The van der Waals surface area contributed by atoms with Gasteiger partial charge in [-0.25, -0.2) is 4.79 Å². The van der Waals surface area contributed by atoms with Crippen LogP contribution in [0.2, 0.25) is 0 Å². The molecule has 1 N–H and O–H groups in total. The number of aryl methyl sites for hydroxylation is 1. The highest BCUT2D eigenvalue weighted by molar-refractivity contribution is 5.67. The molecule has 21 heavy (non-hydrogen) atoms. The highest BCUT2D eigenvalue weighted by Crippen LogP contribution is 2.22. The molecule has 6 heteroatoms. The Morgan fingerprint density at radius 1 is 1.43 bits per heavy atom. The Morgan fingerprint density at radius 2 is 2.14 bits per heavy atom. The molecule has 1 fully saturated rings. The number of rotatable bonds is 4. The molecule has 1 aliphatic rings. The van der Waals surface area contributed by atoms with Crippen molar-refractivity contribution in [2.45, 2.75) is 45.6 Å². The molecule has 0 aromatic carbocycles. The lowest BCUT2D eigenvalue weighted by molar-refractivity contribution is -0.136. The Bertz CT molecular complexity index is 595. The zero-order valence-corrected chi connectivity index (χ0v) is 12.9. The van der Waals surface area contributed by atoms with Crippen LogP contribution in [0.25, 0.3) is 0 Å². The number of piperidine rings is 1. The lowest BCUT2D eigenvalue weighted by atomic mass is 10.0. The first kappa shape index (κ1) is 15.7. The van der Waals surface area contributed by atoms with Crippen LogP contribution in [0.1, 0.15) is 42.3 Å². The fraction of sp³-hybridized carbons (Fsp3) is 0.667. The average Bonchev–Trinajstić information content (AvgIpc) is 2.37. The second kappa shape index (κ2) is 6.39. The molecule has 1 saturated heterocycles. The number of aromatic nitrogens is 2. The van der Waals surface area contributed by atoms with Gasteiger partial charge >= 0.3 is 11.7 Å². The second-order valence-corrected chi connectivity index (χ2v) is 5.87. The monoisotopic (exact) mass is 293 g/mol. The van der Waals surface area contributed by atoms with Crippen molar-refractivity contribution in [3.63, 3.8) is 0 Å². The third-order valence-electron chi connectivity index (χ3n) is 4.26. The van der Waals surface area contributed by atoms with Crippen molar-refractivity contribution in [2.75, 3.05) is 20.1 Å². The Morgan fingerprint density at radius 3 is 2.76 bits per heavy atom. The predicted octanol–water partition coefficient (Wildman–Crippen LogP) is 1.14. The smallest absolute Gasteiger partial charge is 0.348 e. The SMILES string of the molecule is Cc1nc(=O)n(C2CCCN(C)C2)c(C)c1CCC(=O)O. The van der Waals surface area contributed by atoms with Gasteiger partial charge in [-0.2, -0.15) is 4.98 Å². The fourth-order valence-corrected chi connectivity index (χ4v) is 3.19. The Balaban J connectivity index is 2.38. The first-order valence-electron chi connectivity index (χ1n) is 7.39. The summed E-state index contributed by atoms with van der Waals surface area (Å²) in [5, 5.41) is 8.87. The first-order valence-corrected chi connectivity index (χ1v) is 7.39. The average molecular weight is 293 g/mol. The summed E-state index contributed by atoms with van der Waals surface area (Å²) in [5.41, 5.74) is 2.20. The largest absolute Gasteiger partial charge is 0.481 e. The van der Waals surface area contributed by atoms with Crippen LogP contribution >= 0.6 is 0 Å². The molecule has 1 unspecified atom stereocenters. The van der Waals surface area contributed by atoms with E-state index in [0.717, 1.165) is 37.2 Å². The first-order chi connectivity index (χ1) is 9.90. The predicted molar refractivity (Wildman–Crippen MR) is 79.7 cm³/mol. The zero-order valence-electron chi connectivity index (χ0n) is 12.9. The number of carboxylic acid groups (broad SMARTS) is 1. The van der Waals surface area contributed by atoms with Crippen molar-refractivity contribution < 1.29 is 9.90 Å². The van der Waals surface area contributed by atoms with Gasteiger partial charge in [0.25, 0.3) is 0 Å². The Kier molecular flexibility index (Phi) is 4.77. The van der Waals surface area contributed by atoms with E-state index in [9.17, 15) is 9.59 Å². The number of carboxylic acids is 1. The van der Waals surface area contributed by atoms with Gasteiger partial charge in [0.15, 0.2) is 0 Å². The minimum Gasteiger partial charge on any atom is -0.481 e. The highest BCUT2D eigenvalue weighted by Gasteiger charge is 2.23. The van der Waals surface area contributed by atoms with E-state index >= 15 is 0 Å². The molecule has 1 atom stereocenters. The second-order valence-electron chi connectivity index (χ2n) is 5.87. The maximum atomic E-state index is 12.3. The van der Waals surface area contributed by atoms with Gasteiger partial charge in [0.2, 0.25) is 0 Å². The molecule has 1 aliphatic heterocycles. The van der Waals surface area contributed by atoms with E-state index in [-0.39, 0.29) is 18.2 Å². The van der Waals surface area contributed by atoms with Crippen molar-refractivity contribution >= 4 is 5.97 Å². The molecule has 0 aliphatic carbocycles. The van der Waals surface area contributed by atoms with E-state index in [0.29, 0.717) is 12.1 Å². The summed E-state index contributed by atoms with van der Waals surface area (Å²) in [7, 11) is 2.06. The van der Waals surface area contributed by atoms with E-state index in [2.05, 4.69) is 16.9 Å². The van der Waals surface area contributed by atoms with Crippen LogP contribution in [0.3, 0.4) is 0 Å². The topological polar surface area (TPSA) is 75.4 Å². The summed E-state index contributed by atoms with van der Waals surface area (Å²) in [6, 6.07) is 0.132. The third-order valence-corrected chi connectivity index (χ3v) is 4.26. The lowest BCUT2D eigenvalue weighted by Crippen LogP contribution is -2.40. The Hall–Kier alpha value is -1.69. The summed E-state index contributed by atoms with van der Waals surface area (Å²) in [4.78, 5) is 29.4. The van der Waals surface area contributed by atoms with Gasteiger partial charge in [-0.05, 0) is 52.3 Å². The fourth-order valence-electron chi connectivity index (χ4n) is 3.19. The normalized spacial score (nSPS) is 19.7. The van der Waals surface area contributed by atoms with E-state index in [1.165, 1.54) is 0 Å². The van der Waals surface area contributed by atoms with Crippen LogP contribution < -0.4 is 5.69 Å². The summed E-state index contributed by atoms with van der Waals surface area (Å²) in [5.74, 6) is -0.830. The van der Waals surface area contributed by atoms with E-state index < -0.39 is 5.97 Å². The lowest BCUT2D eigenvalue weighted by Gasteiger charge is -2.32. The standard InChI is InChI=1S/C15H23N3O3/c1-10-13(6-7-14(19)20)11(2)18(15(21)16-10)12-5-4-8-17(3)9-12/h12H,4-9H2,1-3H3,(H,19,20). The third kappa shape index (κ3) is 3.50. The molecule has 1 aromatic heterocycles. The molecule has 6 nitrogen and oxygen atoms in total. The quantitative estimate of drug-likeness (QED) is 0.901. The summed E-state index contributed by atoms with van der Waals surface area (Å²) < 4.78 is 1.76. The van der Waals surface area contributed by atoms with Crippen molar-refractivity contribution in [3.05, 3.63) is 27.4 Å². The number of likely N-dealkylation sites (N-methyl/N-ethyl adjacent to an activating group) is 1. The Labute approximate surface area is 124 Å². The number of likely N-dealkylation sites (tertiary alicyclic amines) is 1. The molecular formula is C15H23N3O3. The van der Waals surface area contributed by atoms with Gasteiger partial charge in [-0.3, -0.25) is 9.36 Å². The zero-order chi connectivity index (χ0) is 15.6. The summed E-state index contributed by atoms with van der Waals surface area (Å²) in [6.45, 7) is 5.57. The molecule has 116 valence electrons. The summed E-state index contributed by atoms with van der Waals surface area (Å²) in [6.07, 6.45) is 2.51. The van der Waals surface area contributed by atoms with Crippen LogP contribution in [0.5, 0.6) is 0 Å². The van der Waals surface area contributed by atoms with Gasteiger partial charge in [-0.1, -0.05) is 0 Å². The molecule has 2 rings (SSSR count). The molecular weight excluding hydrogens is 270 g/mol. The molecule has 0 saturated carbocycles. The number of carbonyl (C=O) groups is 1. The molecule has 2 heterocycles. The van der Waals surface area contributed by atoms with Crippen LogP contribution in [0.15, 0.2) is 4.79 Å². The van der Waals surface area contributed by atoms with Crippen LogP contribution in [0, 0.1) is 13.8 Å². The minimum atomic E-state index is -0.830. The number of aliphatic carboxylic acids is 1. The minimum absolute atomic E-state index is 0.0616. The van der Waals surface area contributed by atoms with Gasteiger partial charge < -0.3 is 10.0 Å². The van der Waals surface area contributed by atoms with Gasteiger partial charge in [0.05, 0.1) is 6.04 Å². The number of hydrogen-bond acceptors (Lipinski definition) is 4. The van der Waals surface area contributed by atoms with Crippen LogP contribution in [-0.4, -0.2) is 45.7 Å². The van der Waals surface area contributed by atoms with Crippen molar-refractivity contribution in [2.24, 2.45) is 0 Å².